The van der Waals surface area contributed by atoms with Crippen LogP contribution in [0.3, 0.4) is 0 Å². The minimum absolute atomic E-state index is 0.367. The highest BCUT2D eigenvalue weighted by Crippen LogP contribution is 2.24. The molecule has 0 heterocycles. The normalized spacial score (nSPS) is 11.3. The molecule has 1 N–H and O–H groups in total. The number of benzene rings is 3. The van der Waals surface area contributed by atoms with Crippen LogP contribution in [0.5, 0.6) is 5.75 Å². The summed E-state index contributed by atoms with van der Waals surface area (Å²) in [7, 11) is 5.45. The van der Waals surface area contributed by atoms with Crippen molar-refractivity contribution in [2.24, 2.45) is 0 Å². The van der Waals surface area contributed by atoms with Crippen LogP contribution >= 0.6 is 0 Å². The highest BCUT2D eigenvalue weighted by Gasteiger charge is 2.18. The standard InChI is InChI=1S/C25H26N2O4/c1-27(2)21-13-9-20(10-14-21)25(29)31-17-23(28)26-24(18-7-5-4-6-8-18)19-11-15-22(30-3)16-12-19/h4-16,24H,17H2,1-3H3,(H,26,28)/t24-/m1/s1. The van der Waals surface area contributed by atoms with Gasteiger partial charge in [-0.3, -0.25) is 4.79 Å². The van der Waals surface area contributed by atoms with E-state index in [1.807, 2.05) is 85.7 Å². The third-order valence-corrected chi connectivity index (χ3v) is 4.84. The number of anilines is 1. The van der Waals surface area contributed by atoms with Gasteiger partial charge in [0, 0.05) is 19.8 Å². The maximum Gasteiger partial charge on any atom is 0.338 e. The van der Waals surface area contributed by atoms with Crippen LogP contribution in [-0.2, 0) is 9.53 Å². The Kier molecular flexibility index (Phi) is 7.27. The monoisotopic (exact) mass is 418 g/mol. The average molecular weight is 418 g/mol. The molecule has 0 saturated heterocycles. The van der Waals surface area contributed by atoms with E-state index in [1.165, 1.54) is 0 Å². The molecular weight excluding hydrogens is 392 g/mol. The zero-order valence-electron chi connectivity index (χ0n) is 17.9. The number of esters is 1. The van der Waals surface area contributed by atoms with Gasteiger partial charge in [0.1, 0.15) is 5.75 Å². The molecule has 0 aromatic heterocycles. The van der Waals surface area contributed by atoms with Gasteiger partial charge in [-0.2, -0.15) is 0 Å². The number of nitrogens with one attached hydrogen (secondary N) is 1. The minimum Gasteiger partial charge on any atom is -0.497 e. The molecule has 3 aromatic carbocycles. The predicted octanol–water partition coefficient (Wildman–Crippen LogP) is 3.82. The molecule has 6 heteroatoms. The lowest BCUT2D eigenvalue weighted by Gasteiger charge is -2.20. The van der Waals surface area contributed by atoms with Crippen LogP contribution in [0, 0.1) is 0 Å². The first-order chi connectivity index (χ1) is 15.0. The minimum atomic E-state index is -0.541. The Labute approximate surface area is 182 Å². The van der Waals surface area contributed by atoms with E-state index < -0.39 is 5.97 Å². The molecule has 0 aliphatic rings. The van der Waals surface area contributed by atoms with Gasteiger partial charge >= 0.3 is 5.97 Å². The number of hydrogen-bond donors (Lipinski definition) is 1. The molecule has 0 unspecified atom stereocenters. The van der Waals surface area contributed by atoms with Gasteiger partial charge in [-0.05, 0) is 47.5 Å². The van der Waals surface area contributed by atoms with E-state index in [1.54, 1.807) is 19.2 Å². The van der Waals surface area contributed by atoms with E-state index in [2.05, 4.69) is 5.32 Å². The summed E-state index contributed by atoms with van der Waals surface area (Å²) in [5, 5.41) is 2.95. The second-order valence-electron chi connectivity index (χ2n) is 7.20. The number of rotatable bonds is 8. The van der Waals surface area contributed by atoms with Crippen molar-refractivity contribution < 1.29 is 19.1 Å². The van der Waals surface area contributed by atoms with Crippen molar-refractivity contribution in [1.82, 2.24) is 5.32 Å². The summed E-state index contributed by atoms with van der Waals surface area (Å²) in [4.78, 5) is 26.8. The molecule has 3 aromatic rings. The Morgan fingerprint density at radius 2 is 1.48 bits per heavy atom. The average Bonchev–Trinajstić information content (AvgIpc) is 2.81. The molecule has 0 spiro atoms. The Balaban J connectivity index is 1.66. The van der Waals surface area contributed by atoms with Crippen molar-refractivity contribution in [2.75, 3.05) is 32.7 Å². The lowest BCUT2D eigenvalue weighted by Crippen LogP contribution is -2.33. The van der Waals surface area contributed by atoms with E-state index in [4.69, 9.17) is 9.47 Å². The van der Waals surface area contributed by atoms with Gasteiger partial charge in [-0.15, -0.1) is 0 Å². The van der Waals surface area contributed by atoms with Crippen LogP contribution in [0.15, 0.2) is 78.9 Å². The van der Waals surface area contributed by atoms with Gasteiger partial charge in [0.15, 0.2) is 6.61 Å². The van der Waals surface area contributed by atoms with Gasteiger partial charge in [-0.25, -0.2) is 4.79 Å². The zero-order valence-corrected chi connectivity index (χ0v) is 17.9. The molecule has 0 saturated carbocycles. The highest BCUT2D eigenvalue weighted by molar-refractivity contribution is 5.91. The SMILES string of the molecule is COc1ccc([C@H](NC(=O)COC(=O)c2ccc(N(C)C)cc2)c2ccccc2)cc1. The molecule has 0 aliphatic carbocycles. The van der Waals surface area contributed by atoms with Crippen LogP contribution in [0.1, 0.15) is 27.5 Å². The number of nitrogens with zero attached hydrogens (tertiary/aromatic N) is 1. The summed E-state index contributed by atoms with van der Waals surface area (Å²) in [6, 6.07) is 23.7. The Hall–Kier alpha value is -3.80. The van der Waals surface area contributed by atoms with E-state index >= 15 is 0 Å². The molecule has 6 nitrogen and oxygen atoms in total. The van der Waals surface area contributed by atoms with E-state index in [9.17, 15) is 9.59 Å². The van der Waals surface area contributed by atoms with Crippen molar-refractivity contribution >= 4 is 17.6 Å². The van der Waals surface area contributed by atoms with Gasteiger partial charge in [0.2, 0.25) is 0 Å². The lowest BCUT2D eigenvalue weighted by atomic mass is 9.98. The number of carbonyl (C=O) groups excluding carboxylic acids is 2. The molecule has 0 aliphatic heterocycles. The number of hydrogen-bond acceptors (Lipinski definition) is 5. The summed E-state index contributed by atoms with van der Waals surface area (Å²) < 4.78 is 10.4. The van der Waals surface area contributed by atoms with Crippen LogP contribution < -0.4 is 15.0 Å². The molecule has 0 fully saturated rings. The molecular formula is C25H26N2O4. The van der Waals surface area contributed by atoms with E-state index in [-0.39, 0.29) is 18.6 Å². The van der Waals surface area contributed by atoms with Crippen molar-refractivity contribution in [3.63, 3.8) is 0 Å². The number of amides is 1. The second-order valence-corrected chi connectivity index (χ2v) is 7.20. The van der Waals surface area contributed by atoms with Crippen molar-refractivity contribution in [3.05, 3.63) is 95.6 Å². The first-order valence-electron chi connectivity index (χ1n) is 9.90. The quantitative estimate of drug-likeness (QED) is 0.563. The van der Waals surface area contributed by atoms with Crippen molar-refractivity contribution in [3.8, 4) is 5.75 Å². The summed E-state index contributed by atoms with van der Waals surface area (Å²) >= 11 is 0. The van der Waals surface area contributed by atoms with Crippen LogP contribution in [0.4, 0.5) is 5.69 Å². The maximum absolute atomic E-state index is 12.6. The molecule has 160 valence electrons. The van der Waals surface area contributed by atoms with Gasteiger partial charge in [0.05, 0.1) is 18.7 Å². The fourth-order valence-corrected chi connectivity index (χ4v) is 3.11. The van der Waals surface area contributed by atoms with E-state index in [0.717, 1.165) is 22.6 Å². The van der Waals surface area contributed by atoms with Crippen molar-refractivity contribution in [1.29, 1.82) is 0 Å². The largest absolute Gasteiger partial charge is 0.497 e. The number of methoxy groups -OCH3 is 1. The smallest absolute Gasteiger partial charge is 0.338 e. The third-order valence-electron chi connectivity index (χ3n) is 4.84. The van der Waals surface area contributed by atoms with Crippen LogP contribution in [-0.4, -0.2) is 39.7 Å². The highest BCUT2D eigenvalue weighted by atomic mass is 16.5. The van der Waals surface area contributed by atoms with E-state index in [0.29, 0.717) is 5.56 Å². The topological polar surface area (TPSA) is 67.9 Å². The van der Waals surface area contributed by atoms with Gasteiger partial charge in [0.25, 0.3) is 5.91 Å². The Morgan fingerprint density at radius 3 is 2.06 bits per heavy atom. The molecule has 1 amide bonds. The predicted molar refractivity (Wildman–Crippen MR) is 120 cm³/mol. The fraction of sp³-hybridized carbons (Fsp3) is 0.200. The summed E-state index contributed by atoms with van der Waals surface area (Å²) in [5.74, 6) is -0.194. The molecule has 1 atom stereocenters. The van der Waals surface area contributed by atoms with Gasteiger partial charge < -0.3 is 19.7 Å². The lowest BCUT2D eigenvalue weighted by molar-refractivity contribution is -0.124. The Morgan fingerprint density at radius 1 is 0.871 bits per heavy atom. The maximum atomic E-state index is 12.6. The molecule has 3 rings (SSSR count). The second kappa shape index (κ2) is 10.3. The number of carbonyl (C=O) groups is 2. The molecule has 0 radical (unpaired) electrons. The van der Waals surface area contributed by atoms with Crippen LogP contribution in [0.25, 0.3) is 0 Å². The first-order valence-corrected chi connectivity index (χ1v) is 9.90. The Bertz CT molecular complexity index is 1000. The summed E-state index contributed by atoms with van der Waals surface area (Å²) in [6.07, 6.45) is 0. The van der Waals surface area contributed by atoms with Crippen LogP contribution in [0.2, 0.25) is 0 Å². The summed E-state index contributed by atoms with van der Waals surface area (Å²) in [5.41, 5.74) is 3.19. The number of ether oxygens (including phenoxy) is 2. The summed E-state index contributed by atoms with van der Waals surface area (Å²) in [6.45, 7) is -0.367. The van der Waals surface area contributed by atoms with Gasteiger partial charge in [-0.1, -0.05) is 42.5 Å². The zero-order chi connectivity index (χ0) is 22.2. The van der Waals surface area contributed by atoms with Crippen molar-refractivity contribution in [2.45, 2.75) is 6.04 Å². The fourth-order valence-electron chi connectivity index (χ4n) is 3.11. The molecule has 0 bridgehead atoms. The first kappa shape index (κ1) is 21.9. The molecule has 31 heavy (non-hydrogen) atoms. The third kappa shape index (κ3) is 5.85.